The first-order valence-electron chi connectivity index (χ1n) is 3.30. The highest BCUT2D eigenvalue weighted by atomic mass is 127. The van der Waals surface area contributed by atoms with Crippen molar-refractivity contribution >= 4 is 34.4 Å². The highest BCUT2D eigenvalue weighted by molar-refractivity contribution is 14.1. The van der Waals surface area contributed by atoms with Crippen LogP contribution in [0.25, 0.3) is 0 Å². The van der Waals surface area contributed by atoms with Gasteiger partial charge in [0.25, 0.3) is 0 Å². The number of anilines is 1. The molecule has 6 heteroatoms. The highest BCUT2D eigenvalue weighted by Crippen LogP contribution is 2.19. The molecule has 1 aromatic rings. The monoisotopic (exact) mass is 296 g/mol. The van der Waals surface area contributed by atoms with Crippen molar-refractivity contribution in [1.29, 1.82) is 0 Å². The van der Waals surface area contributed by atoms with Crippen molar-refractivity contribution in [2.75, 3.05) is 12.4 Å². The summed E-state index contributed by atoms with van der Waals surface area (Å²) >= 11 is 1.89. The number of pyridine rings is 1. The van der Waals surface area contributed by atoms with Crippen LogP contribution in [0.4, 0.5) is 14.9 Å². The van der Waals surface area contributed by atoms with Crippen molar-refractivity contribution in [1.82, 2.24) is 4.98 Å². The maximum Gasteiger partial charge on any atom is 0.411 e. The molecule has 1 aromatic heterocycles. The quantitative estimate of drug-likeness (QED) is 0.637. The van der Waals surface area contributed by atoms with Crippen LogP contribution in [0, 0.1) is 9.52 Å². The van der Waals surface area contributed by atoms with Gasteiger partial charge in [-0.1, -0.05) is 0 Å². The van der Waals surface area contributed by atoms with E-state index >= 15 is 0 Å². The Morgan fingerprint density at radius 2 is 2.46 bits per heavy atom. The van der Waals surface area contributed by atoms with Crippen LogP contribution < -0.4 is 5.32 Å². The van der Waals surface area contributed by atoms with Crippen LogP contribution in [0.5, 0.6) is 0 Å². The lowest BCUT2D eigenvalue weighted by atomic mass is 10.4. The molecule has 0 saturated carbocycles. The number of hydrogen-bond acceptors (Lipinski definition) is 3. The largest absolute Gasteiger partial charge is 0.453 e. The molecule has 0 aromatic carbocycles. The maximum atomic E-state index is 13.0. The Bertz CT molecular complexity index is 312. The molecule has 1 N–H and O–H groups in total. The Kier molecular flexibility index (Phi) is 3.40. The summed E-state index contributed by atoms with van der Waals surface area (Å²) in [7, 11) is 1.20. The lowest BCUT2D eigenvalue weighted by Gasteiger charge is -2.05. The molecule has 13 heavy (non-hydrogen) atoms. The number of aromatic nitrogens is 1. The van der Waals surface area contributed by atoms with E-state index in [1.807, 2.05) is 22.6 Å². The number of carbonyl (C=O) groups excluding carboxylic acids is 1. The first-order valence-corrected chi connectivity index (χ1v) is 4.38. The number of carbonyl (C=O) groups is 1. The second-order valence-electron chi connectivity index (χ2n) is 2.08. The molecular formula is C7H6FIN2O2. The molecule has 4 nitrogen and oxygen atoms in total. The lowest BCUT2D eigenvalue weighted by molar-refractivity contribution is 0.186. The third-order valence-electron chi connectivity index (χ3n) is 1.27. The minimum Gasteiger partial charge on any atom is -0.453 e. The predicted molar refractivity (Wildman–Crippen MR) is 52.9 cm³/mol. The van der Waals surface area contributed by atoms with Crippen molar-refractivity contribution in [3.05, 3.63) is 21.8 Å². The van der Waals surface area contributed by atoms with Gasteiger partial charge in [-0.25, -0.2) is 9.78 Å². The van der Waals surface area contributed by atoms with E-state index in [0.29, 0.717) is 3.57 Å². The summed E-state index contributed by atoms with van der Waals surface area (Å²) in [5.74, 6) is -0.725. The van der Waals surface area contributed by atoms with Crippen LogP contribution in [-0.4, -0.2) is 18.2 Å². The summed E-state index contributed by atoms with van der Waals surface area (Å²) in [6, 6.07) is 1.58. The Balaban J connectivity index is 2.93. The molecule has 0 bridgehead atoms. The van der Waals surface area contributed by atoms with Crippen molar-refractivity contribution in [2.45, 2.75) is 0 Å². The summed E-state index contributed by atoms with van der Waals surface area (Å²) in [5.41, 5.74) is 0.0370. The van der Waals surface area contributed by atoms with Gasteiger partial charge in [-0.05, 0) is 28.7 Å². The fourth-order valence-electron chi connectivity index (χ4n) is 0.679. The van der Waals surface area contributed by atoms with Gasteiger partial charge in [-0.2, -0.15) is 4.39 Å². The van der Waals surface area contributed by atoms with Gasteiger partial charge < -0.3 is 4.74 Å². The standard InChI is InChI=1S/C7H6FIN2O2/c1-13-7(12)11-5-4(9)2-3-10-6(5)8/h2-3H,1H3,(H,11,12). The van der Waals surface area contributed by atoms with Gasteiger partial charge in [0.1, 0.15) is 5.69 Å². The van der Waals surface area contributed by atoms with Gasteiger partial charge in [0.2, 0.25) is 5.95 Å². The number of rotatable bonds is 1. The Hall–Kier alpha value is -0.920. The number of nitrogens with one attached hydrogen (secondary N) is 1. The van der Waals surface area contributed by atoms with E-state index < -0.39 is 12.0 Å². The average Bonchev–Trinajstić information content (AvgIpc) is 2.11. The van der Waals surface area contributed by atoms with E-state index in [0.717, 1.165) is 0 Å². The molecule has 0 aliphatic rings. The first kappa shape index (κ1) is 10.2. The number of methoxy groups -OCH3 is 1. The van der Waals surface area contributed by atoms with Crippen molar-refractivity contribution in [3.63, 3.8) is 0 Å². The summed E-state index contributed by atoms with van der Waals surface area (Å²) < 4.78 is 17.8. The summed E-state index contributed by atoms with van der Waals surface area (Å²) in [4.78, 5) is 14.1. The van der Waals surface area contributed by atoms with Crippen LogP contribution >= 0.6 is 22.6 Å². The summed E-state index contributed by atoms with van der Waals surface area (Å²) in [6.45, 7) is 0. The minimum atomic E-state index is -0.725. The molecule has 0 radical (unpaired) electrons. The topological polar surface area (TPSA) is 51.2 Å². The second-order valence-corrected chi connectivity index (χ2v) is 3.24. The molecule has 70 valence electrons. The zero-order valence-corrected chi connectivity index (χ0v) is 8.83. The fraction of sp³-hybridized carbons (Fsp3) is 0.143. The molecular weight excluding hydrogens is 290 g/mol. The van der Waals surface area contributed by atoms with E-state index in [1.165, 1.54) is 13.3 Å². The summed E-state index contributed by atoms with van der Waals surface area (Å²) in [6.07, 6.45) is 0.601. The molecule has 0 atom stereocenters. The van der Waals surface area contributed by atoms with E-state index in [-0.39, 0.29) is 5.69 Å². The molecule has 1 heterocycles. The maximum absolute atomic E-state index is 13.0. The molecule has 0 fully saturated rings. The smallest absolute Gasteiger partial charge is 0.411 e. The third-order valence-corrected chi connectivity index (χ3v) is 2.17. The van der Waals surface area contributed by atoms with E-state index in [4.69, 9.17) is 0 Å². The van der Waals surface area contributed by atoms with Gasteiger partial charge in [-0.3, -0.25) is 5.32 Å². The molecule has 1 amide bonds. The van der Waals surface area contributed by atoms with Gasteiger partial charge >= 0.3 is 6.09 Å². The van der Waals surface area contributed by atoms with Crippen LogP contribution in [0.3, 0.4) is 0 Å². The molecule has 0 unspecified atom stereocenters. The number of amides is 1. The number of halogens is 2. The van der Waals surface area contributed by atoms with E-state index in [1.54, 1.807) is 6.07 Å². The molecule has 0 aliphatic carbocycles. The van der Waals surface area contributed by atoms with E-state index in [9.17, 15) is 9.18 Å². The van der Waals surface area contributed by atoms with Crippen LogP contribution in [-0.2, 0) is 4.74 Å². The van der Waals surface area contributed by atoms with Crippen LogP contribution in [0.1, 0.15) is 0 Å². The SMILES string of the molecule is COC(=O)Nc1c(I)ccnc1F. The van der Waals surface area contributed by atoms with Crippen LogP contribution in [0.15, 0.2) is 12.3 Å². The average molecular weight is 296 g/mol. The molecule has 0 saturated heterocycles. The van der Waals surface area contributed by atoms with Crippen molar-refractivity contribution in [2.24, 2.45) is 0 Å². The van der Waals surface area contributed by atoms with Gasteiger partial charge in [0, 0.05) is 9.77 Å². The highest BCUT2D eigenvalue weighted by Gasteiger charge is 2.10. The first-order chi connectivity index (χ1) is 6.15. The Morgan fingerprint density at radius 3 is 3.00 bits per heavy atom. The minimum absolute atomic E-state index is 0.0370. The van der Waals surface area contributed by atoms with Gasteiger partial charge in [-0.15, -0.1) is 0 Å². The third kappa shape index (κ3) is 2.51. The molecule has 0 aliphatic heterocycles. The Labute approximate surface area is 87.6 Å². The van der Waals surface area contributed by atoms with Crippen molar-refractivity contribution < 1.29 is 13.9 Å². The fourth-order valence-corrected chi connectivity index (χ4v) is 1.20. The van der Waals surface area contributed by atoms with Crippen molar-refractivity contribution in [3.8, 4) is 0 Å². The zero-order valence-electron chi connectivity index (χ0n) is 6.67. The Morgan fingerprint density at radius 1 is 1.77 bits per heavy atom. The zero-order chi connectivity index (χ0) is 9.84. The van der Waals surface area contributed by atoms with Crippen LogP contribution in [0.2, 0.25) is 0 Å². The number of ether oxygens (including phenoxy) is 1. The predicted octanol–water partition coefficient (Wildman–Crippen LogP) is 2.00. The summed E-state index contributed by atoms with van der Waals surface area (Å²) in [5, 5.41) is 2.22. The number of hydrogen-bond donors (Lipinski definition) is 1. The van der Waals surface area contributed by atoms with Gasteiger partial charge in [0.05, 0.1) is 7.11 Å². The lowest BCUT2D eigenvalue weighted by Crippen LogP contribution is -2.13. The second kappa shape index (κ2) is 4.35. The normalized spacial score (nSPS) is 9.46. The molecule has 1 rings (SSSR count). The number of nitrogens with zero attached hydrogens (tertiary/aromatic N) is 1. The van der Waals surface area contributed by atoms with E-state index in [2.05, 4.69) is 15.0 Å². The molecule has 0 spiro atoms. The van der Waals surface area contributed by atoms with Gasteiger partial charge in [0.15, 0.2) is 0 Å².